The van der Waals surface area contributed by atoms with E-state index in [1.54, 1.807) is 12.3 Å². The van der Waals surface area contributed by atoms with Crippen LogP contribution in [0.25, 0.3) is 0 Å². The van der Waals surface area contributed by atoms with Crippen molar-refractivity contribution in [3.05, 3.63) is 52.0 Å². The summed E-state index contributed by atoms with van der Waals surface area (Å²) in [5.41, 5.74) is 1.06. The molecule has 0 radical (unpaired) electrons. The number of rotatable bonds is 3. The van der Waals surface area contributed by atoms with Crippen LogP contribution in [-0.2, 0) is 6.42 Å². The van der Waals surface area contributed by atoms with Crippen LogP contribution in [0.3, 0.4) is 0 Å². The third kappa shape index (κ3) is 2.95. The van der Waals surface area contributed by atoms with Gasteiger partial charge in [0.2, 0.25) is 5.56 Å². The Morgan fingerprint density at radius 3 is 2.77 bits per heavy atom. The van der Waals surface area contributed by atoms with Gasteiger partial charge in [-0.05, 0) is 25.3 Å². The summed E-state index contributed by atoms with van der Waals surface area (Å²) in [7, 11) is 0. The second-order valence-corrected chi connectivity index (χ2v) is 5.65. The van der Waals surface area contributed by atoms with E-state index < -0.39 is 0 Å². The van der Waals surface area contributed by atoms with Crippen molar-refractivity contribution >= 4 is 5.91 Å². The highest BCUT2D eigenvalue weighted by Gasteiger charge is 2.26. The molecule has 0 bridgehead atoms. The van der Waals surface area contributed by atoms with Crippen molar-refractivity contribution in [3.8, 4) is 0 Å². The Morgan fingerprint density at radius 1 is 1.36 bits per heavy atom. The number of piperidine rings is 1. The first-order chi connectivity index (χ1) is 10.7. The second kappa shape index (κ2) is 6.17. The number of H-pyrrole nitrogens is 2. The summed E-state index contributed by atoms with van der Waals surface area (Å²) in [4.78, 5) is 36.2. The number of aromatic nitrogens is 3. The van der Waals surface area contributed by atoms with Gasteiger partial charge in [-0.25, -0.2) is 4.98 Å². The maximum atomic E-state index is 12.6. The number of imidazole rings is 1. The molecule has 0 atom stereocenters. The molecule has 1 saturated heterocycles. The van der Waals surface area contributed by atoms with Crippen LogP contribution in [0.1, 0.15) is 47.6 Å². The Hall–Kier alpha value is -2.37. The summed E-state index contributed by atoms with van der Waals surface area (Å²) in [6, 6.07) is 3.17. The third-order valence-electron chi connectivity index (χ3n) is 4.22. The fourth-order valence-electron chi connectivity index (χ4n) is 2.95. The number of likely N-dealkylation sites (tertiary alicyclic amines) is 1. The molecular weight excluding hydrogens is 280 g/mol. The Kier molecular flexibility index (Phi) is 4.09. The van der Waals surface area contributed by atoms with Crippen LogP contribution in [0.2, 0.25) is 0 Å². The molecule has 0 unspecified atom stereocenters. The highest BCUT2D eigenvalue weighted by Crippen LogP contribution is 2.26. The van der Waals surface area contributed by atoms with Crippen LogP contribution in [0.5, 0.6) is 0 Å². The highest BCUT2D eigenvalue weighted by atomic mass is 16.2. The summed E-state index contributed by atoms with van der Waals surface area (Å²) >= 11 is 0. The SMILES string of the molecule is CCc1cc(C(=O)N2CCC(c3ncc[nH]3)CC2)cc(=O)[nH]1. The van der Waals surface area contributed by atoms with E-state index in [1.165, 1.54) is 6.07 Å². The molecule has 0 aromatic carbocycles. The molecular formula is C16H20N4O2. The number of amides is 1. The van der Waals surface area contributed by atoms with Gasteiger partial charge < -0.3 is 14.9 Å². The first kappa shape index (κ1) is 14.6. The van der Waals surface area contributed by atoms with Gasteiger partial charge in [0.15, 0.2) is 0 Å². The molecule has 3 rings (SSSR count). The van der Waals surface area contributed by atoms with E-state index in [9.17, 15) is 9.59 Å². The van der Waals surface area contributed by atoms with Crippen molar-refractivity contribution in [2.24, 2.45) is 0 Å². The molecule has 1 amide bonds. The summed E-state index contributed by atoms with van der Waals surface area (Å²) in [5.74, 6) is 1.32. The Bertz CT molecular complexity index is 697. The number of aryl methyl sites for hydroxylation is 1. The lowest BCUT2D eigenvalue weighted by atomic mass is 9.95. The molecule has 1 fully saturated rings. The average molecular weight is 300 g/mol. The zero-order valence-corrected chi connectivity index (χ0v) is 12.6. The van der Waals surface area contributed by atoms with Crippen molar-refractivity contribution in [3.63, 3.8) is 0 Å². The van der Waals surface area contributed by atoms with Crippen molar-refractivity contribution in [2.75, 3.05) is 13.1 Å². The number of hydrogen-bond donors (Lipinski definition) is 2. The fraction of sp³-hybridized carbons (Fsp3) is 0.438. The van der Waals surface area contributed by atoms with Crippen LogP contribution in [0, 0.1) is 0 Å². The zero-order chi connectivity index (χ0) is 15.5. The molecule has 3 heterocycles. The van der Waals surface area contributed by atoms with Gasteiger partial charge in [-0.3, -0.25) is 9.59 Å². The standard InChI is InChI=1S/C16H20N4O2/c1-2-13-9-12(10-14(21)19-13)16(22)20-7-3-11(4-8-20)15-17-5-6-18-15/h5-6,9-11H,2-4,7-8H2,1H3,(H,17,18)(H,19,21). The average Bonchev–Trinajstić information content (AvgIpc) is 3.08. The van der Waals surface area contributed by atoms with E-state index in [1.807, 2.05) is 18.0 Å². The van der Waals surface area contributed by atoms with Gasteiger partial charge in [0.25, 0.3) is 5.91 Å². The maximum Gasteiger partial charge on any atom is 0.254 e. The zero-order valence-electron chi connectivity index (χ0n) is 12.6. The van der Waals surface area contributed by atoms with Gasteiger partial charge in [0.1, 0.15) is 5.82 Å². The van der Waals surface area contributed by atoms with Crippen molar-refractivity contribution in [1.82, 2.24) is 19.9 Å². The molecule has 116 valence electrons. The van der Waals surface area contributed by atoms with Crippen LogP contribution in [-0.4, -0.2) is 38.8 Å². The van der Waals surface area contributed by atoms with Crippen molar-refractivity contribution in [1.29, 1.82) is 0 Å². The van der Waals surface area contributed by atoms with Crippen molar-refractivity contribution < 1.29 is 4.79 Å². The van der Waals surface area contributed by atoms with E-state index >= 15 is 0 Å². The smallest absolute Gasteiger partial charge is 0.254 e. The molecule has 1 aliphatic rings. The Labute approximate surface area is 128 Å². The number of nitrogens with one attached hydrogen (secondary N) is 2. The molecule has 2 N–H and O–H groups in total. The summed E-state index contributed by atoms with van der Waals surface area (Å²) in [6.07, 6.45) is 6.08. The number of hydrogen-bond acceptors (Lipinski definition) is 3. The van der Waals surface area contributed by atoms with E-state index in [-0.39, 0.29) is 11.5 Å². The molecule has 6 nitrogen and oxygen atoms in total. The topological polar surface area (TPSA) is 81.8 Å². The maximum absolute atomic E-state index is 12.6. The number of pyridine rings is 1. The lowest BCUT2D eigenvalue weighted by molar-refractivity contribution is 0.0711. The van der Waals surface area contributed by atoms with Gasteiger partial charge in [0.05, 0.1) is 0 Å². The van der Waals surface area contributed by atoms with Crippen LogP contribution < -0.4 is 5.56 Å². The van der Waals surface area contributed by atoms with Crippen LogP contribution >= 0.6 is 0 Å². The molecule has 6 heteroatoms. The van der Waals surface area contributed by atoms with Gasteiger partial charge in [0, 0.05) is 48.7 Å². The minimum atomic E-state index is -0.215. The summed E-state index contributed by atoms with van der Waals surface area (Å²) in [6.45, 7) is 3.34. The van der Waals surface area contributed by atoms with Gasteiger partial charge in [-0.1, -0.05) is 6.92 Å². The van der Waals surface area contributed by atoms with E-state index in [4.69, 9.17) is 0 Å². The summed E-state index contributed by atoms with van der Waals surface area (Å²) < 4.78 is 0. The van der Waals surface area contributed by atoms with Gasteiger partial charge in [-0.2, -0.15) is 0 Å². The molecule has 2 aromatic heterocycles. The van der Waals surface area contributed by atoms with Crippen LogP contribution in [0.4, 0.5) is 0 Å². The van der Waals surface area contributed by atoms with Gasteiger partial charge >= 0.3 is 0 Å². The monoisotopic (exact) mass is 300 g/mol. The number of nitrogens with zero attached hydrogens (tertiary/aromatic N) is 2. The highest BCUT2D eigenvalue weighted by molar-refractivity contribution is 5.94. The molecule has 1 aliphatic heterocycles. The van der Waals surface area contributed by atoms with Crippen molar-refractivity contribution in [2.45, 2.75) is 32.1 Å². The van der Waals surface area contributed by atoms with Crippen LogP contribution in [0.15, 0.2) is 29.3 Å². The predicted molar refractivity (Wildman–Crippen MR) is 82.9 cm³/mol. The fourth-order valence-corrected chi connectivity index (χ4v) is 2.95. The first-order valence-electron chi connectivity index (χ1n) is 7.69. The molecule has 22 heavy (non-hydrogen) atoms. The number of carbonyl (C=O) groups is 1. The number of aromatic amines is 2. The van der Waals surface area contributed by atoms with Gasteiger partial charge in [-0.15, -0.1) is 0 Å². The Morgan fingerprint density at radius 2 is 2.14 bits per heavy atom. The quantitative estimate of drug-likeness (QED) is 0.905. The number of carbonyl (C=O) groups excluding carboxylic acids is 1. The minimum Gasteiger partial charge on any atom is -0.348 e. The van der Waals surface area contributed by atoms with E-state index in [2.05, 4.69) is 15.0 Å². The molecule has 0 saturated carbocycles. The second-order valence-electron chi connectivity index (χ2n) is 5.65. The summed E-state index contributed by atoms with van der Waals surface area (Å²) in [5, 5.41) is 0. The lowest BCUT2D eigenvalue weighted by Crippen LogP contribution is -2.38. The largest absolute Gasteiger partial charge is 0.348 e. The first-order valence-corrected chi connectivity index (χ1v) is 7.69. The molecule has 0 spiro atoms. The lowest BCUT2D eigenvalue weighted by Gasteiger charge is -2.31. The van der Waals surface area contributed by atoms with E-state index in [0.717, 1.165) is 24.4 Å². The normalized spacial score (nSPS) is 16.0. The minimum absolute atomic E-state index is 0.0568. The molecule has 2 aromatic rings. The third-order valence-corrected chi connectivity index (χ3v) is 4.22. The predicted octanol–water partition coefficient (Wildman–Crippen LogP) is 1.68. The van der Waals surface area contributed by atoms with E-state index in [0.29, 0.717) is 31.0 Å². The molecule has 0 aliphatic carbocycles. The Balaban J connectivity index is 1.69.